The second-order valence-corrected chi connectivity index (χ2v) is 13.7. The van der Waals surface area contributed by atoms with Gasteiger partial charge in [0.2, 0.25) is 0 Å². The smallest absolute Gasteiger partial charge is 0.0726 e. The third-order valence-electron chi connectivity index (χ3n) is 10.9. The summed E-state index contributed by atoms with van der Waals surface area (Å²) in [6.07, 6.45) is 2.64. The first-order valence-electron chi connectivity index (χ1n) is 18.1. The molecule has 0 saturated carbocycles. The van der Waals surface area contributed by atoms with Crippen molar-refractivity contribution in [3.8, 4) is 33.4 Å². The molecule has 0 bridgehead atoms. The fourth-order valence-corrected chi connectivity index (χ4v) is 8.49. The minimum Gasteiger partial charge on any atom is -0.397 e. The Morgan fingerprint density at radius 2 is 1.04 bits per heavy atom. The van der Waals surface area contributed by atoms with E-state index in [1.165, 1.54) is 90.0 Å². The topological polar surface area (TPSA) is 38.0 Å². The van der Waals surface area contributed by atoms with Gasteiger partial charge in [0, 0.05) is 5.69 Å². The van der Waals surface area contributed by atoms with Gasteiger partial charge in [-0.05, 0) is 108 Å². The monoisotopic (exact) mass is 656 g/mol. The number of nitrogen functional groups attached to an aromatic ring is 1. The highest BCUT2D eigenvalue weighted by Gasteiger charge is 2.52. The molecule has 0 atom stereocenters. The summed E-state index contributed by atoms with van der Waals surface area (Å²) < 4.78 is 0. The van der Waals surface area contributed by atoms with Crippen LogP contribution in [-0.2, 0) is 5.41 Å². The molecule has 2 aliphatic carbocycles. The summed E-state index contributed by atoms with van der Waals surface area (Å²) >= 11 is 0. The normalized spacial score (nSPS) is 12.9. The molecule has 246 valence electrons. The summed E-state index contributed by atoms with van der Waals surface area (Å²) in [4.78, 5) is 0. The van der Waals surface area contributed by atoms with Gasteiger partial charge < -0.3 is 11.1 Å². The fraction of sp³-hybridized carbons (Fsp3) is 0.102. The van der Waals surface area contributed by atoms with E-state index in [1.54, 1.807) is 0 Å². The highest BCUT2D eigenvalue weighted by molar-refractivity contribution is 6.16. The molecular formula is C49H40N2. The van der Waals surface area contributed by atoms with E-state index in [-0.39, 0.29) is 0 Å². The lowest BCUT2D eigenvalue weighted by molar-refractivity contribution is 0.795. The summed E-state index contributed by atoms with van der Waals surface area (Å²) in [6, 6.07) is 59.8. The summed E-state index contributed by atoms with van der Waals surface area (Å²) in [5.41, 5.74) is 21.7. The van der Waals surface area contributed by atoms with Gasteiger partial charge in [0.05, 0.1) is 16.8 Å². The molecule has 2 nitrogen and oxygen atoms in total. The quantitative estimate of drug-likeness (QED) is 0.185. The molecular weight excluding hydrogens is 617 g/mol. The molecule has 0 aromatic heterocycles. The Kier molecular flexibility index (Phi) is 7.47. The zero-order valence-corrected chi connectivity index (χ0v) is 29.1. The molecule has 0 saturated heterocycles. The molecule has 0 radical (unpaired) electrons. The predicted octanol–water partition coefficient (Wildman–Crippen LogP) is 13.1. The lowest BCUT2D eigenvalue weighted by atomic mass is 9.70. The molecule has 0 unspecified atom stereocenters. The zero-order valence-electron chi connectivity index (χ0n) is 29.1. The maximum atomic E-state index is 6.24. The Morgan fingerprint density at radius 3 is 1.73 bits per heavy atom. The van der Waals surface area contributed by atoms with Crippen molar-refractivity contribution in [1.29, 1.82) is 0 Å². The number of fused-ring (bicyclic) bond motifs is 14. The Hall–Kier alpha value is -6.12. The third-order valence-corrected chi connectivity index (χ3v) is 10.9. The third kappa shape index (κ3) is 4.63. The van der Waals surface area contributed by atoms with Crippen molar-refractivity contribution < 1.29 is 0 Å². The van der Waals surface area contributed by atoms with Crippen LogP contribution in [0.5, 0.6) is 0 Å². The van der Waals surface area contributed by atoms with Gasteiger partial charge in [0.25, 0.3) is 0 Å². The maximum Gasteiger partial charge on any atom is 0.0726 e. The number of para-hydroxylation sites is 2. The van der Waals surface area contributed by atoms with E-state index >= 15 is 0 Å². The average Bonchev–Trinajstić information content (AvgIpc) is 3.66. The second kappa shape index (κ2) is 12.3. The van der Waals surface area contributed by atoms with Crippen LogP contribution in [0.2, 0.25) is 0 Å². The van der Waals surface area contributed by atoms with E-state index in [9.17, 15) is 0 Å². The molecule has 0 fully saturated rings. The van der Waals surface area contributed by atoms with Gasteiger partial charge in [-0.25, -0.2) is 0 Å². The van der Waals surface area contributed by atoms with E-state index in [0.717, 1.165) is 17.1 Å². The molecule has 8 aromatic rings. The van der Waals surface area contributed by atoms with Gasteiger partial charge in [-0.1, -0.05) is 160 Å². The number of hydrogen-bond donors (Lipinski definition) is 2. The number of nitrogens with one attached hydrogen (secondary N) is 1. The van der Waals surface area contributed by atoms with Crippen LogP contribution in [0, 0.1) is 0 Å². The van der Waals surface area contributed by atoms with E-state index in [1.807, 2.05) is 24.3 Å². The van der Waals surface area contributed by atoms with Crippen LogP contribution in [0.3, 0.4) is 0 Å². The number of anilines is 3. The number of benzene rings is 8. The lowest BCUT2D eigenvalue weighted by Gasteiger charge is -2.31. The van der Waals surface area contributed by atoms with Crippen molar-refractivity contribution in [1.82, 2.24) is 0 Å². The van der Waals surface area contributed by atoms with Crippen molar-refractivity contribution in [2.45, 2.75) is 32.1 Å². The summed E-state index contributed by atoms with van der Waals surface area (Å²) in [6.45, 7) is 4.36. The molecule has 0 heterocycles. The minimum atomic E-state index is -0.424. The van der Waals surface area contributed by atoms with Gasteiger partial charge in [-0.3, -0.25) is 0 Å². The Morgan fingerprint density at radius 1 is 0.471 bits per heavy atom. The average molecular weight is 657 g/mol. The molecule has 3 N–H and O–H groups in total. The maximum absolute atomic E-state index is 6.24. The first-order valence-corrected chi connectivity index (χ1v) is 18.1. The zero-order chi connectivity index (χ0) is 34.5. The molecule has 0 aliphatic heterocycles. The first kappa shape index (κ1) is 30.9. The standard InChI is InChI=1S/C45H30N2.C4H10/c46-41-19-9-10-20-42(41)47-30-24-21-29(22-25-30)36-27-40-44(35-16-4-3-13-32(35)36)43-31-12-2-1-11-28(31)23-26-39(43)45(40)37-17-7-5-14-33(37)34-15-6-8-18-38(34)45;1-3-4-2/h1-27,47H,46H2;3-4H2,1-2H3. The van der Waals surface area contributed by atoms with Crippen LogP contribution in [0.25, 0.3) is 54.9 Å². The molecule has 51 heavy (non-hydrogen) atoms. The van der Waals surface area contributed by atoms with Crippen molar-refractivity contribution in [3.05, 3.63) is 186 Å². The Bertz CT molecular complexity index is 2550. The highest BCUT2D eigenvalue weighted by atomic mass is 14.9. The van der Waals surface area contributed by atoms with Crippen LogP contribution in [0.15, 0.2) is 164 Å². The van der Waals surface area contributed by atoms with Gasteiger partial charge in [-0.15, -0.1) is 0 Å². The van der Waals surface area contributed by atoms with Crippen molar-refractivity contribution in [2.24, 2.45) is 0 Å². The van der Waals surface area contributed by atoms with Crippen LogP contribution in [-0.4, -0.2) is 0 Å². The highest BCUT2D eigenvalue weighted by Crippen LogP contribution is 2.65. The van der Waals surface area contributed by atoms with Crippen LogP contribution in [0.4, 0.5) is 17.1 Å². The summed E-state index contributed by atoms with van der Waals surface area (Å²) in [5.74, 6) is 0. The largest absolute Gasteiger partial charge is 0.397 e. The van der Waals surface area contributed by atoms with Crippen molar-refractivity contribution >= 4 is 38.6 Å². The van der Waals surface area contributed by atoms with Crippen LogP contribution >= 0.6 is 0 Å². The van der Waals surface area contributed by atoms with Crippen LogP contribution in [0.1, 0.15) is 48.9 Å². The Labute approximate surface area is 300 Å². The molecule has 2 heteroatoms. The summed E-state index contributed by atoms with van der Waals surface area (Å²) in [7, 11) is 0. The Balaban J connectivity index is 0.000000830. The number of hydrogen-bond acceptors (Lipinski definition) is 2. The summed E-state index contributed by atoms with van der Waals surface area (Å²) in [5, 5.41) is 8.61. The van der Waals surface area contributed by atoms with E-state index < -0.39 is 5.41 Å². The van der Waals surface area contributed by atoms with Gasteiger partial charge in [-0.2, -0.15) is 0 Å². The van der Waals surface area contributed by atoms with E-state index in [0.29, 0.717) is 0 Å². The predicted molar refractivity (Wildman–Crippen MR) is 218 cm³/mol. The van der Waals surface area contributed by atoms with Crippen molar-refractivity contribution in [3.63, 3.8) is 0 Å². The van der Waals surface area contributed by atoms with Gasteiger partial charge in [0.15, 0.2) is 0 Å². The lowest BCUT2D eigenvalue weighted by Crippen LogP contribution is -2.26. The van der Waals surface area contributed by atoms with Crippen molar-refractivity contribution in [2.75, 3.05) is 11.1 Å². The molecule has 10 rings (SSSR count). The number of unbranched alkanes of at least 4 members (excludes halogenated alkanes) is 1. The first-order chi connectivity index (χ1) is 25.1. The van der Waals surface area contributed by atoms with Crippen LogP contribution < -0.4 is 11.1 Å². The number of rotatable bonds is 4. The molecule has 8 aromatic carbocycles. The molecule has 2 aliphatic rings. The molecule has 1 spiro atoms. The fourth-order valence-electron chi connectivity index (χ4n) is 8.49. The SMILES string of the molecule is CCCC.Nc1ccccc1Nc1ccc(-c2cc3c(c4ccccc24)-c2c(ccc4ccccc24)C32c3ccccc3-c3ccccc32)cc1. The van der Waals surface area contributed by atoms with E-state index in [4.69, 9.17) is 5.73 Å². The number of nitrogens with two attached hydrogens (primary N) is 1. The van der Waals surface area contributed by atoms with E-state index in [2.05, 4.69) is 159 Å². The minimum absolute atomic E-state index is 0.424. The van der Waals surface area contributed by atoms with Gasteiger partial charge in [0.1, 0.15) is 0 Å². The molecule has 0 amide bonds. The second-order valence-electron chi connectivity index (χ2n) is 13.7. The van der Waals surface area contributed by atoms with Gasteiger partial charge >= 0.3 is 0 Å².